The average Bonchev–Trinajstić information content (AvgIpc) is 3.56. The highest BCUT2D eigenvalue weighted by atomic mass is 28.3. The Morgan fingerprint density at radius 1 is 0.434 bits per heavy atom. The molecule has 0 saturated carbocycles. The lowest BCUT2D eigenvalue weighted by molar-refractivity contribution is 0.478. The maximum atomic E-state index is 7.36. The summed E-state index contributed by atoms with van der Waals surface area (Å²) in [4.78, 5) is 0. The molecule has 0 radical (unpaired) electrons. The number of para-hydroxylation sites is 4. The third-order valence-electron chi connectivity index (χ3n) is 11.2. The van der Waals surface area contributed by atoms with Gasteiger partial charge in [0, 0.05) is 27.3 Å². The summed E-state index contributed by atoms with van der Waals surface area (Å²) >= 11 is 0. The Hall–Kier alpha value is -6.56. The standard InChI is InChI=1S/C48H32BNO2Si/c1-4-17-33(18-5-1)53(34-19-6-2-7-20-34,35-21-8-3-9-22-35)36-31-40-39-25-12-15-30-45(39)52-49-41-26-16-29-44(48(41)51-46(32-36)47(40)49)50-42-27-13-10-23-37(42)38-24-11-14-28-43(38)50/h1-32H. The van der Waals surface area contributed by atoms with Crippen molar-refractivity contribution >= 4 is 68.5 Å². The molecule has 11 rings (SSSR count). The highest BCUT2D eigenvalue weighted by Crippen LogP contribution is 2.42. The minimum atomic E-state index is -2.88. The Balaban J connectivity index is 1.23. The van der Waals surface area contributed by atoms with Crippen molar-refractivity contribution in [1.82, 2.24) is 4.57 Å². The molecule has 0 saturated heterocycles. The fraction of sp³-hybridized carbons (Fsp3) is 0. The lowest BCUT2D eigenvalue weighted by atomic mass is 9.51. The van der Waals surface area contributed by atoms with E-state index in [0.29, 0.717) is 0 Å². The first-order valence-electron chi connectivity index (χ1n) is 18.2. The van der Waals surface area contributed by atoms with Crippen LogP contribution in [0.4, 0.5) is 0 Å². The van der Waals surface area contributed by atoms with Crippen LogP contribution < -0.4 is 41.1 Å². The number of aromatic nitrogens is 1. The third kappa shape index (κ3) is 4.35. The van der Waals surface area contributed by atoms with Crippen LogP contribution in [-0.4, -0.2) is 19.6 Å². The van der Waals surface area contributed by atoms with E-state index in [-0.39, 0.29) is 6.92 Å². The van der Waals surface area contributed by atoms with E-state index in [0.717, 1.165) is 56.0 Å². The van der Waals surface area contributed by atoms with E-state index in [2.05, 4.69) is 199 Å². The summed E-state index contributed by atoms with van der Waals surface area (Å²) in [5, 5.41) is 7.67. The highest BCUT2D eigenvalue weighted by molar-refractivity contribution is 7.20. The SMILES string of the molecule is c1ccc([Si](c2ccccc2)(c2ccccc2)c2cc3c4c(c2)-c2ccccc2OB4c2cccc(-n4c5ccccc5c5ccccc54)c2O3)cc1. The molecule has 0 fully saturated rings. The molecule has 248 valence electrons. The summed E-state index contributed by atoms with van der Waals surface area (Å²) in [5.74, 6) is 2.55. The largest absolute Gasteiger partial charge is 0.551 e. The van der Waals surface area contributed by atoms with Crippen LogP contribution in [0.15, 0.2) is 194 Å². The minimum Gasteiger partial charge on any atom is -0.551 e. The van der Waals surface area contributed by atoms with Crippen molar-refractivity contribution in [3.8, 4) is 34.1 Å². The molecule has 53 heavy (non-hydrogen) atoms. The van der Waals surface area contributed by atoms with Gasteiger partial charge >= 0.3 is 6.92 Å². The van der Waals surface area contributed by atoms with Crippen LogP contribution in [0.1, 0.15) is 0 Å². The molecule has 0 N–H and O–H groups in total. The van der Waals surface area contributed by atoms with E-state index in [1.165, 1.54) is 31.5 Å². The smallest absolute Gasteiger partial charge is 0.434 e. The molecule has 0 bridgehead atoms. The number of hydrogen-bond acceptors (Lipinski definition) is 2. The third-order valence-corrected chi connectivity index (χ3v) is 16.0. The van der Waals surface area contributed by atoms with Gasteiger partial charge in [0.25, 0.3) is 0 Å². The Labute approximate surface area is 309 Å². The number of rotatable bonds is 5. The second-order valence-electron chi connectivity index (χ2n) is 13.9. The normalized spacial score (nSPS) is 12.8. The Morgan fingerprint density at radius 3 is 1.60 bits per heavy atom. The Bertz CT molecular complexity index is 2700. The zero-order valence-electron chi connectivity index (χ0n) is 28.8. The van der Waals surface area contributed by atoms with Crippen LogP contribution in [0.3, 0.4) is 0 Å². The lowest BCUT2D eigenvalue weighted by Crippen LogP contribution is -2.75. The Kier molecular flexibility index (Phi) is 6.67. The van der Waals surface area contributed by atoms with Gasteiger partial charge in [-0.3, -0.25) is 0 Å². The van der Waals surface area contributed by atoms with Gasteiger partial charge in [0.2, 0.25) is 0 Å². The first kappa shape index (κ1) is 30.1. The fourth-order valence-corrected chi connectivity index (χ4v) is 13.8. The molecule has 0 amide bonds. The molecule has 0 spiro atoms. The monoisotopic (exact) mass is 693 g/mol. The molecule has 2 aliphatic heterocycles. The predicted molar refractivity (Wildman–Crippen MR) is 222 cm³/mol. The van der Waals surface area contributed by atoms with Crippen molar-refractivity contribution in [2.45, 2.75) is 0 Å². The van der Waals surface area contributed by atoms with Gasteiger partial charge in [-0.05, 0) is 56.6 Å². The van der Waals surface area contributed by atoms with E-state index >= 15 is 0 Å². The van der Waals surface area contributed by atoms with Gasteiger partial charge in [-0.2, -0.15) is 0 Å². The van der Waals surface area contributed by atoms with Gasteiger partial charge in [-0.15, -0.1) is 0 Å². The van der Waals surface area contributed by atoms with E-state index < -0.39 is 8.07 Å². The maximum absolute atomic E-state index is 7.36. The molecule has 9 aromatic rings. The average molecular weight is 694 g/mol. The summed E-state index contributed by atoms with van der Waals surface area (Å²) in [5.41, 5.74) is 7.64. The lowest BCUT2D eigenvalue weighted by Gasteiger charge is -2.38. The quantitative estimate of drug-likeness (QED) is 0.138. The van der Waals surface area contributed by atoms with E-state index in [1.807, 2.05) is 0 Å². The van der Waals surface area contributed by atoms with E-state index in [1.54, 1.807) is 0 Å². The summed E-state index contributed by atoms with van der Waals surface area (Å²) < 4.78 is 16.7. The molecule has 0 unspecified atom stereocenters. The molecule has 3 heterocycles. The van der Waals surface area contributed by atoms with E-state index in [4.69, 9.17) is 9.39 Å². The second-order valence-corrected chi connectivity index (χ2v) is 17.8. The first-order valence-corrected chi connectivity index (χ1v) is 20.2. The summed E-state index contributed by atoms with van der Waals surface area (Å²) in [6.07, 6.45) is 0. The molecular formula is C48H32BNO2Si. The van der Waals surface area contributed by atoms with Crippen molar-refractivity contribution in [2.75, 3.05) is 0 Å². The van der Waals surface area contributed by atoms with Crippen molar-refractivity contribution in [2.24, 2.45) is 0 Å². The van der Waals surface area contributed by atoms with Gasteiger partial charge in [-0.1, -0.05) is 164 Å². The van der Waals surface area contributed by atoms with Crippen LogP contribution in [0.5, 0.6) is 17.2 Å². The molecule has 1 aromatic heterocycles. The number of hydrogen-bond donors (Lipinski definition) is 0. The van der Waals surface area contributed by atoms with Gasteiger partial charge in [0.05, 0.1) is 16.7 Å². The number of nitrogens with zero attached hydrogens (tertiary/aromatic N) is 1. The van der Waals surface area contributed by atoms with Gasteiger partial charge < -0.3 is 14.0 Å². The van der Waals surface area contributed by atoms with Gasteiger partial charge in [0.15, 0.2) is 8.07 Å². The number of benzene rings is 8. The number of fused-ring (bicyclic) bond motifs is 7. The molecule has 3 nitrogen and oxygen atoms in total. The summed E-state index contributed by atoms with van der Waals surface area (Å²) in [7, 11) is -2.88. The minimum absolute atomic E-state index is 0.331. The molecule has 5 heteroatoms. The predicted octanol–water partition coefficient (Wildman–Crippen LogP) is 7.43. The van der Waals surface area contributed by atoms with Crippen LogP contribution in [-0.2, 0) is 0 Å². The van der Waals surface area contributed by atoms with Crippen LogP contribution in [0.25, 0.3) is 38.6 Å². The van der Waals surface area contributed by atoms with E-state index in [9.17, 15) is 0 Å². The van der Waals surface area contributed by atoms with Crippen molar-refractivity contribution in [3.63, 3.8) is 0 Å². The molecule has 0 atom stereocenters. The van der Waals surface area contributed by atoms with Gasteiger partial charge in [0.1, 0.15) is 17.2 Å². The molecule has 0 aliphatic carbocycles. The van der Waals surface area contributed by atoms with Gasteiger partial charge in [-0.25, -0.2) is 0 Å². The highest BCUT2D eigenvalue weighted by Gasteiger charge is 2.46. The molecule has 8 aromatic carbocycles. The first-order chi connectivity index (χ1) is 26.3. The Morgan fingerprint density at radius 2 is 0.981 bits per heavy atom. The van der Waals surface area contributed by atoms with Crippen LogP contribution >= 0.6 is 0 Å². The summed E-state index contributed by atoms with van der Waals surface area (Å²) in [6, 6.07) is 70.3. The molecule has 2 aliphatic rings. The van der Waals surface area contributed by atoms with Crippen molar-refractivity contribution in [1.29, 1.82) is 0 Å². The maximum Gasteiger partial charge on any atom is 0.434 e. The summed E-state index contributed by atoms with van der Waals surface area (Å²) in [6.45, 7) is -0.331. The van der Waals surface area contributed by atoms with Crippen molar-refractivity contribution in [3.05, 3.63) is 194 Å². The van der Waals surface area contributed by atoms with Crippen LogP contribution in [0.2, 0.25) is 0 Å². The fourth-order valence-electron chi connectivity index (χ4n) is 9.01. The zero-order chi connectivity index (χ0) is 34.9. The van der Waals surface area contributed by atoms with Crippen molar-refractivity contribution < 1.29 is 9.39 Å². The topological polar surface area (TPSA) is 23.4 Å². The molecular weight excluding hydrogens is 661 g/mol. The second kappa shape index (κ2) is 11.7. The zero-order valence-corrected chi connectivity index (χ0v) is 29.8. The van der Waals surface area contributed by atoms with Crippen LogP contribution in [0, 0.1) is 0 Å². The number of ether oxygens (including phenoxy) is 1.